The topological polar surface area (TPSA) is 54.4 Å². The van der Waals surface area contributed by atoms with Crippen LogP contribution in [0.1, 0.15) is 98.5 Å². The highest BCUT2D eigenvalue weighted by Gasteiger charge is 2.20. The van der Waals surface area contributed by atoms with Crippen LogP contribution in [-0.2, 0) is 6.42 Å². The predicted octanol–water partition coefficient (Wildman–Crippen LogP) is 7.11. The van der Waals surface area contributed by atoms with Crippen molar-refractivity contribution < 1.29 is 4.79 Å². The number of hydrogen-bond donors (Lipinski definition) is 1. The summed E-state index contributed by atoms with van der Waals surface area (Å²) in [7, 11) is 0. The minimum absolute atomic E-state index is 0.0818. The lowest BCUT2D eigenvalue weighted by molar-refractivity contribution is 0.0927. The molecule has 1 atom stereocenters. The molecule has 4 heteroatoms. The normalized spacial score (nSPS) is 13.0. The fourth-order valence-corrected chi connectivity index (χ4v) is 4.33. The van der Waals surface area contributed by atoms with Gasteiger partial charge in [-0.2, -0.15) is 0 Å². The van der Waals surface area contributed by atoms with Gasteiger partial charge < -0.3 is 5.32 Å². The maximum absolute atomic E-state index is 12.7. The van der Waals surface area contributed by atoms with Crippen LogP contribution in [0.2, 0.25) is 0 Å². The third kappa shape index (κ3) is 7.66. The first-order valence-corrected chi connectivity index (χ1v) is 12.5. The lowest BCUT2D eigenvalue weighted by atomic mass is 9.85. The Morgan fingerprint density at radius 3 is 2.39 bits per heavy atom. The number of amides is 1. The molecule has 1 aromatic heterocycles. The quantitative estimate of drug-likeness (QED) is 0.353. The molecule has 0 aliphatic carbocycles. The van der Waals surface area contributed by atoms with Crippen molar-refractivity contribution in [1.82, 2.24) is 10.3 Å². The van der Waals surface area contributed by atoms with E-state index in [-0.39, 0.29) is 17.9 Å². The summed E-state index contributed by atoms with van der Waals surface area (Å²) in [5.41, 5.74) is 6.55. The van der Waals surface area contributed by atoms with Crippen LogP contribution < -0.4 is 5.32 Å². The smallest absolute Gasteiger partial charge is 0.270 e. The van der Waals surface area contributed by atoms with Crippen LogP contribution in [0.4, 0.5) is 0 Å². The van der Waals surface area contributed by atoms with Crippen LogP contribution in [0.15, 0.2) is 53.3 Å². The highest BCUT2D eigenvalue weighted by Crippen LogP contribution is 2.33. The predicted molar refractivity (Wildman–Crippen MR) is 140 cm³/mol. The molecule has 1 amide bonds. The van der Waals surface area contributed by atoms with E-state index in [1.807, 2.05) is 31.5 Å². The zero-order valence-electron chi connectivity index (χ0n) is 21.3. The Hall–Kier alpha value is -2.75. The van der Waals surface area contributed by atoms with Crippen LogP contribution in [0.3, 0.4) is 0 Å². The molecule has 33 heavy (non-hydrogen) atoms. The highest BCUT2D eigenvalue weighted by atomic mass is 16.1. The Balaban J connectivity index is 2.29. The van der Waals surface area contributed by atoms with Crippen molar-refractivity contribution in [2.45, 2.75) is 92.0 Å². The van der Waals surface area contributed by atoms with Gasteiger partial charge in [0.05, 0.1) is 0 Å². The summed E-state index contributed by atoms with van der Waals surface area (Å²) in [6, 6.07) is 10.6. The van der Waals surface area contributed by atoms with E-state index in [4.69, 9.17) is 4.99 Å². The summed E-state index contributed by atoms with van der Waals surface area (Å²) >= 11 is 0. The maximum Gasteiger partial charge on any atom is 0.270 e. The molecule has 178 valence electrons. The molecule has 1 aromatic carbocycles. The Kier molecular flexibility index (Phi) is 11.0. The van der Waals surface area contributed by atoms with E-state index < -0.39 is 0 Å². The number of carbonyl (C=O) groups is 1. The van der Waals surface area contributed by atoms with Gasteiger partial charge >= 0.3 is 0 Å². The number of benzene rings is 1. The molecule has 0 saturated heterocycles. The number of aliphatic imine (C=N–C) groups is 1. The molecule has 0 fully saturated rings. The van der Waals surface area contributed by atoms with Crippen molar-refractivity contribution in [2.75, 3.05) is 0 Å². The Morgan fingerprint density at radius 1 is 1.09 bits per heavy atom. The van der Waals surface area contributed by atoms with Crippen LogP contribution in [-0.4, -0.2) is 23.1 Å². The fourth-order valence-electron chi connectivity index (χ4n) is 4.33. The van der Waals surface area contributed by atoms with E-state index in [2.05, 4.69) is 69.2 Å². The first-order valence-electron chi connectivity index (χ1n) is 12.5. The molecule has 0 spiro atoms. The molecular weight excluding hydrogens is 406 g/mol. The van der Waals surface area contributed by atoms with Crippen LogP contribution >= 0.6 is 0 Å². The third-order valence-corrected chi connectivity index (χ3v) is 6.18. The van der Waals surface area contributed by atoms with E-state index >= 15 is 0 Å². The minimum atomic E-state index is -0.0818. The number of nitrogens with zero attached hydrogens (tertiary/aromatic N) is 2. The van der Waals surface area contributed by atoms with E-state index in [1.165, 1.54) is 16.7 Å². The van der Waals surface area contributed by atoms with Gasteiger partial charge in [-0.15, -0.1) is 0 Å². The number of aromatic nitrogens is 1. The van der Waals surface area contributed by atoms with Crippen LogP contribution in [0.5, 0.6) is 0 Å². The molecule has 2 rings (SSSR count). The molecule has 0 bridgehead atoms. The summed E-state index contributed by atoms with van der Waals surface area (Å²) in [4.78, 5) is 22.0. The minimum Gasteiger partial charge on any atom is -0.348 e. The van der Waals surface area contributed by atoms with Gasteiger partial charge in [-0.25, -0.2) is 0 Å². The van der Waals surface area contributed by atoms with Gasteiger partial charge in [-0.3, -0.25) is 14.8 Å². The molecule has 0 radical (unpaired) electrons. The van der Waals surface area contributed by atoms with E-state index in [0.29, 0.717) is 5.69 Å². The number of nitrogens with one attached hydrogen (secondary N) is 1. The second-order valence-electron chi connectivity index (χ2n) is 8.77. The summed E-state index contributed by atoms with van der Waals surface area (Å²) in [6.45, 7) is 12.7. The molecule has 0 aliphatic heterocycles. The van der Waals surface area contributed by atoms with E-state index in [1.54, 1.807) is 0 Å². The van der Waals surface area contributed by atoms with Gasteiger partial charge in [0.1, 0.15) is 5.69 Å². The fraction of sp³-hybridized carbons (Fsp3) is 0.483. The molecule has 4 nitrogen and oxygen atoms in total. The van der Waals surface area contributed by atoms with Crippen molar-refractivity contribution in [3.8, 4) is 0 Å². The Labute approximate surface area is 200 Å². The molecule has 2 aromatic rings. The van der Waals surface area contributed by atoms with Gasteiger partial charge in [0.15, 0.2) is 0 Å². The lowest BCUT2D eigenvalue weighted by Crippen LogP contribution is -2.35. The van der Waals surface area contributed by atoms with Crippen molar-refractivity contribution in [3.63, 3.8) is 0 Å². The summed E-state index contributed by atoms with van der Waals surface area (Å²) in [6.07, 6.45) is 11.8. The van der Waals surface area contributed by atoms with Gasteiger partial charge in [-0.1, -0.05) is 64.0 Å². The maximum atomic E-state index is 12.7. The molecule has 0 aliphatic rings. The van der Waals surface area contributed by atoms with Gasteiger partial charge in [0.25, 0.3) is 5.91 Å². The standard InChI is InChI=1S/C29H41N3O/c1-7-12-24(13-8-2)32-29(33)28-18-17-23(20-31-28)19-26(27(14-9-3)30-10-4)25-16-11-15-21(5)22(25)6/h10-11,14-18,20,24,26H,7-9,12-13,19H2,1-6H3,(H,32,33)/b27-14-,30-10?. The number of hydrogen-bond acceptors (Lipinski definition) is 3. The summed E-state index contributed by atoms with van der Waals surface area (Å²) in [5, 5.41) is 3.16. The Bertz CT molecular complexity index is 938. The number of allylic oxidation sites excluding steroid dienone is 2. The molecule has 1 unspecified atom stereocenters. The molecule has 1 N–H and O–H groups in total. The number of carbonyl (C=O) groups excluding carboxylic acids is 1. The summed E-state index contributed by atoms with van der Waals surface area (Å²) < 4.78 is 0. The van der Waals surface area contributed by atoms with Crippen molar-refractivity contribution >= 4 is 12.1 Å². The molecule has 0 saturated carbocycles. The zero-order chi connectivity index (χ0) is 24.2. The van der Waals surface area contributed by atoms with Crippen molar-refractivity contribution in [2.24, 2.45) is 4.99 Å². The zero-order valence-corrected chi connectivity index (χ0v) is 21.3. The largest absolute Gasteiger partial charge is 0.348 e. The van der Waals surface area contributed by atoms with Crippen molar-refractivity contribution in [3.05, 3.63) is 76.2 Å². The second-order valence-corrected chi connectivity index (χ2v) is 8.77. The molecule has 1 heterocycles. The Morgan fingerprint density at radius 2 is 1.82 bits per heavy atom. The first kappa shape index (κ1) is 26.5. The monoisotopic (exact) mass is 447 g/mol. The lowest BCUT2D eigenvalue weighted by Gasteiger charge is -2.22. The first-order chi connectivity index (χ1) is 15.9. The number of rotatable bonds is 12. The van der Waals surface area contributed by atoms with Crippen LogP contribution in [0, 0.1) is 13.8 Å². The average molecular weight is 448 g/mol. The van der Waals surface area contributed by atoms with Gasteiger partial charge in [0, 0.05) is 30.1 Å². The number of aryl methyl sites for hydroxylation is 1. The van der Waals surface area contributed by atoms with Crippen LogP contribution in [0.25, 0.3) is 0 Å². The molecular formula is C29H41N3O. The number of pyridine rings is 1. The summed E-state index contributed by atoms with van der Waals surface area (Å²) in [5.74, 6) is 0.0581. The van der Waals surface area contributed by atoms with Crippen molar-refractivity contribution in [1.29, 1.82) is 0 Å². The second kappa shape index (κ2) is 13.7. The van der Waals surface area contributed by atoms with Gasteiger partial charge in [0.2, 0.25) is 0 Å². The average Bonchev–Trinajstić information content (AvgIpc) is 2.80. The third-order valence-electron chi connectivity index (χ3n) is 6.18. The van der Waals surface area contributed by atoms with E-state index in [9.17, 15) is 4.79 Å². The SMILES string of the molecule is CC=N/C(=C\CC)C(Cc1ccc(C(=O)NC(CCC)CCC)nc1)c1cccc(C)c1C. The highest BCUT2D eigenvalue weighted by molar-refractivity contribution is 5.92. The van der Waals surface area contributed by atoms with Gasteiger partial charge in [-0.05, 0) is 74.8 Å². The van der Waals surface area contributed by atoms with E-state index in [0.717, 1.165) is 49.8 Å².